The van der Waals surface area contributed by atoms with Gasteiger partial charge in [0.05, 0.1) is 25.5 Å². The number of rotatable bonds is 5. The third-order valence-electron chi connectivity index (χ3n) is 2.94. The van der Waals surface area contributed by atoms with Crippen molar-refractivity contribution >= 4 is 17.4 Å². The molecule has 21 heavy (non-hydrogen) atoms. The molecule has 110 valence electrons. The van der Waals surface area contributed by atoms with Gasteiger partial charge in [0.2, 0.25) is 0 Å². The first-order valence-corrected chi connectivity index (χ1v) is 6.35. The Hall–Kier alpha value is -2.76. The van der Waals surface area contributed by atoms with Crippen LogP contribution in [0.15, 0.2) is 36.5 Å². The van der Waals surface area contributed by atoms with Gasteiger partial charge >= 0.3 is 0 Å². The van der Waals surface area contributed by atoms with E-state index >= 15 is 0 Å². The molecule has 2 aromatic rings. The minimum atomic E-state index is -0.279. The van der Waals surface area contributed by atoms with Crippen LogP contribution in [-0.4, -0.2) is 32.2 Å². The number of nitrogens with one attached hydrogen (secondary N) is 2. The number of amides is 1. The first-order chi connectivity index (χ1) is 10.2. The Labute approximate surface area is 123 Å². The third kappa shape index (κ3) is 3.22. The van der Waals surface area contributed by atoms with Gasteiger partial charge in [-0.3, -0.25) is 4.79 Å². The second-order valence-electron chi connectivity index (χ2n) is 4.17. The SMILES string of the molecule is CNc1ncccc1C(=O)Nc1cc(OC)ccc1OC. The van der Waals surface area contributed by atoms with Crippen LogP contribution in [-0.2, 0) is 0 Å². The predicted octanol–water partition coefficient (Wildman–Crippen LogP) is 2.39. The van der Waals surface area contributed by atoms with Crippen LogP contribution in [0.3, 0.4) is 0 Å². The minimum absolute atomic E-state index is 0.279. The molecule has 2 rings (SSSR count). The van der Waals surface area contributed by atoms with Crippen LogP contribution in [0.5, 0.6) is 11.5 Å². The summed E-state index contributed by atoms with van der Waals surface area (Å²) in [7, 11) is 4.82. The average molecular weight is 287 g/mol. The van der Waals surface area contributed by atoms with E-state index in [-0.39, 0.29) is 5.91 Å². The molecule has 6 heteroatoms. The average Bonchev–Trinajstić information content (AvgIpc) is 2.54. The largest absolute Gasteiger partial charge is 0.497 e. The molecule has 0 fully saturated rings. The van der Waals surface area contributed by atoms with E-state index in [4.69, 9.17) is 9.47 Å². The van der Waals surface area contributed by atoms with Crippen LogP contribution >= 0.6 is 0 Å². The lowest BCUT2D eigenvalue weighted by Gasteiger charge is -2.13. The summed E-state index contributed by atoms with van der Waals surface area (Å²) in [6.07, 6.45) is 1.62. The lowest BCUT2D eigenvalue weighted by molar-refractivity contribution is 0.102. The van der Waals surface area contributed by atoms with Crippen LogP contribution in [0, 0.1) is 0 Å². The highest BCUT2D eigenvalue weighted by molar-refractivity contribution is 6.08. The second kappa shape index (κ2) is 6.60. The monoisotopic (exact) mass is 287 g/mol. The highest BCUT2D eigenvalue weighted by Gasteiger charge is 2.14. The van der Waals surface area contributed by atoms with E-state index in [0.29, 0.717) is 28.6 Å². The standard InChI is InChI=1S/C15H17N3O3/c1-16-14-11(5-4-8-17-14)15(19)18-12-9-10(20-2)6-7-13(12)21-3/h4-9H,1-3H3,(H,16,17)(H,18,19). The summed E-state index contributed by atoms with van der Waals surface area (Å²) in [5.41, 5.74) is 0.984. The maximum absolute atomic E-state index is 12.4. The topological polar surface area (TPSA) is 72.5 Å². The molecule has 0 saturated carbocycles. The van der Waals surface area contributed by atoms with Gasteiger partial charge in [-0.25, -0.2) is 4.98 Å². The Morgan fingerprint density at radius 3 is 2.67 bits per heavy atom. The molecule has 2 N–H and O–H groups in total. The maximum Gasteiger partial charge on any atom is 0.259 e. The van der Waals surface area contributed by atoms with Gasteiger partial charge in [0.25, 0.3) is 5.91 Å². The van der Waals surface area contributed by atoms with Crippen molar-refractivity contribution in [3.05, 3.63) is 42.1 Å². The molecule has 0 saturated heterocycles. The van der Waals surface area contributed by atoms with Gasteiger partial charge in [0, 0.05) is 19.3 Å². The first-order valence-electron chi connectivity index (χ1n) is 6.35. The number of aromatic nitrogens is 1. The van der Waals surface area contributed by atoms with E-state index in [1.165, 1.54) is 0 Å². The fourth-order valence-corrected chi connectivity index (χ4v) is 1.89. The van der Waals surface area contributed by atoms with Crippen LogP contribution in [0.4, 0.5) is 11.5 Å². The summed E-state index contributed by atoms with van der Waals surface area (Å²) in [4.78, 5) is 16.5. The molecule has 0 aliphatic carbocycles. The molecule has 6 nitrogen and oxygen atoms in total. The van der Waals surface area contributed by atoms with Crippen molar-refractivity contribution in [3.8, 4) is 11.5 Å². The molecule has 0 aliphatic heterocycles. The molecule has 0 bridgehead atoms. The molecule has 1 aromatic heterocycles. The number of benzene rings is 1. The number of anilines is 2. The van der Waals surface area contributed by atoms with E-state index in [1.807, 2.05) is 0 Å². The number of pyridine rings is 1. The zero-order valence-corrected chi connectivity index (χ0v) is 12.1. The Morgan fingerprint density at radius 2 is 2.00 bits per heavy atom. The fourth-order valence-electron chi connectivity index (χ4n) is 1.89. The number of hydrogen-bond acceptors (Lipinski definition) is 5. The quantitative estimate of drug-likeness (QED) is 0.883. The van der Waals surface area contributed by atoms with Crippen molar-refractivity contribution < 1.29 is 14.3 Å². The molecule has 0 aliphatic rings. The highest BCUT2D eigenvalue weighted by atomic mass is 16.5. The van der Waals surface area contributed by atoms with Gasteiger partial charge in [-0.15, -0.1) is 0 Å². The van der Waals surface area contributed by atoms with Gasteiger partial charge in [-0.1, -0.05) is 0 Å². The third-order valence-corrected chi connectivity index (χ3v) is 2.94. The van der Waals surface area contributed by atoms with Crippen LogP contribution in [0.25, 0.3) is 0 Å². The second-order valence-corrected chi connectivity index (χ2v) is 4.17. The number of nitrogens with zero attached hydrogens (tertiary/aromatic N) is 1. The van der Waals surface area contributed by atoms with Crippen molar-refractivity contribution in [1.82, 2.24) is 4.98 Å². The van der Waals surface area contributed by atoms with Crippen LogP contribution < -0.4 is 20.1 Å². The number of carbonyl (C=O) groups is 1. The normalized spacial score (nSPS) is 9.86. The highest BCUT2D eigenvalue weighted by Crippen LogP contribution is 2.29. The van der Waals surface area contributed by atoms with Gasteiger partial charge in [-0.05, 0) is 24.3 Å². The van der Waals surface area contributed by atoms with Crippen LogP contribution in [0.2, 0.25) is 0 Å². The summed E-state index contributed by atoms with van der Waals surface area (Å²) in [6.45, 7) is 0. The lowest BCUT2D eigenvalue weighted by Crippen LogP contribution is -2.15. The zero-order valence-electron chi connectivity index (χ0n) is 12.1. The summed E-state index contributed by atoms with van der Waals surface area (Å²) in [6, 6.07) is 8.60. The Balaban J connectivity index is 2.30. The number of carbonyl (C=O) groups excluding carboxylic acids is 1. The van der Waals surface area contributed by atoms with Crippen LogP contribution in [0.1, 0.15) is 10.4 Å². The van der Waals surface area contributed by atoms with E-state index < -0.39 is 0 Å². The van der Waals surface area contributed by atoms with Gasteiger partial charge < -0.3 is 20.1 Å². The smallest absolute Gasteiger partial charge is 0.259 e. The number of ether oxygens (including phenoxy) is 2. The molecular weight excluding hydrogens is 270 g/mol. The lowest BCUT2D eigenvalue weighted by atomic mass is 10.2. The molecule has 1 heterocycles. The number of hydrogen-bond donors (Lipinski definition) is 2. The van der Waals surface area contributed by atoms with Crippen molar-refractivity contribution in [3.63, 3.8) is 0 Å². The fraction of sp³-hybridized carbons (Fsp3) is 0.200. The van der Waals surface area contributed by atoms with E-state index in [0.717, 1.165) is 0 Å². The maximum atomic E-state index is 12.4. The predicted molar refractivity (Wildman–Crippen MR) is 81.3 cm³/mol. The molecular formula is C15H17N3O3. The molecule has 0 spiro atoms. The number of methoxy groups -OCH3 is 2. The van der Waals surface area contributed by atoms with Gasteiger partial charge in [-0.2, -0.15) is 0 Å². The van der Waals surface area contributed by atoms with Crippen molar-refractivity contribution in [1.29, 1.82) is 0 Å². The van der Waals surface area contributed by atoms with Crippen molar-refractivity contribution in [2.75, 3.05) is 31.9 Å². The Bertz CT molecular complexity index is 644. The summed E-state index contributed by atoms with van der Waals surface area (Å²) in [5.74, 6) is 1.42. The summed E-state index contributed by atoms with van der Waals surface area (Å²) in [5, 5.41) is 5.69. The molecule has 0 atom stereocenters. The molecule has 1 amide bonds. The first kappa shape index (κ1) is 14.6. The Morgan fingerprint density at radius 1 is 1.19 bits per heavy atom. The molecule has 0 radical (unpaired) electrons. The molecule has 0 unspecified atom stereocenters. The summed E-state index contributed by atoms with van der Waals surface area (Å²) >= 11 is 0. The summed E-state index contributed by atoms with van der Waals surface area (Å²) < 4.78 is 10.4. The zero-order chi connectivity index (χ0) is 15.2. The Kier molecular flexibility index (Phi) is 4.61. The van der Waals surface area contributed by atoms with Crippen molar-refractivity contribution in [2.24, 2.45) is 0 Å². The van der Waals surface area contributed by atoms with Gasteiger partial charge in [0.15, 0.2) is 0 Å². The van der Waals surface area contributed by atoms with Crippen molar-refractivity contribution in [2.45, 2.75) is 0 Å². The molecule has 1 aromatic carbocycles. The van der Waals surface area contributed by atoms with E-state index in [2.05, 4.69) is 15.6 Å². The van der Waals surface area contributed by atoms with Gasteiger partial charge in [0.1, 0.15) is 17.3 Å². The van der Waals surface area contributed by atoms with E-state index in [9.17, 15) is 4.79 Å². The minimum Gasteiger partial charge on any atom is -0.497 e. The van der Waals surface area contributed by atoms with E-state index in [1.54, 1.807) is 57.8 Å².